The standard InChI is InChI=1S/C10H13BrF3N3/c1-6(2)9-16-7(11)5-8(17-9)15-4-3-10(12,13)14/h5-6H,3-4H2,1-2H3,(H,15,16,17). The summed E-state index contributed by atoms with van der Waals surface area (Å²) in [4.78, 5) is 8.27. The van der Waals surface area contributed by atoms with Crippen LogP contribution in [0.4, 0.5) is 19.0 Å². The Hall–Kier alpha value is -0.850. The van der Waals surface area contributed by atoms with E-state index in [0.29, 0.717) is 16.2 Å². The van der Waals surface area contributed by atoms with Gasteiger partial charge in [0.2, 0.25) is 0 Å². The Bertz CT molecular complexity index is 380. The highest BCUT2D eigenvalue weighted by Gasteiger charge is 2.26. The van der Waals surface area contributed by atoms with Gasteiger partial charge in [0.25, 0.3) is 0 Å². The third kappa shape index (κ3) is 5.34. The molecule has 1 rings (SSSR count). The van der Waals surface area contributed by atoms with Crippen molar-refractivity contribution in [3.8, 4) is 0 Å². The maximum Gasteiger partial charge on any atom is 0.390 e. The average Bonchev–Trinajstić information content (AvgIpc) is 2.14. The van der Waals surface area contributed by atoms with E-state index in [9.17, 15) is 13.2 Å². The highest BCUT2D eigenvalue weighted by Crippen LogP contribution is 2.20. The van der Waals surface area contributed by atoms with Crippen LogP contribution in [0.1, 0.15) is 32.0 Å². The fourth-order valence-electron chi connectivity index (χ4n) is 1.12. The summed E-state index contributed by atoms with van der Waals surface area (Å²) in [6.45, 7) is 3.65. The zero-order chi connectivity index (χ0) is 13.1. The Morgan fingerprint density at radius 3 is 2.53 bits per heavy atom. The monoisotopic (exact) mass is 311 g/mol. The molecule has 0 unspecified atom stereocenters. The molecule has 3 nitrogen and oxygen atoms in total. The lowest BCUT2D eigenvalue weighted by Gasteiger charge is -2.10. The number of hydrogen-bond donors (Lipinski definition) is 1. The normalized spacial score (nSPS) is 11.9. The van der Waals surface area contributed by atoms with Crippen molar-refractivity contribution in [1.29, 1.82) is 0 Å². The first-order chi connectivity index (χ1) is 7.78. The molecular formula is C10H13BrF3N3. The number of halogens is 4. The molecule has 0 aromatic carbocycles. The van der Waals surface area contributed by atoms with Crippen molar-refractivity contribution in [3.63, 3.8) is 0 Å². The van der Waals surface area contributed by atoms with Crippen LogP contribution < -0.4 is 5.32 Å². The number of rotatable bonds is 4. The molecule has 1 heterocycles. The number of anilines is 1. The van der Waals surface area contributed by atoms with Crippen molar-refractivity contribution in [2.75, 3.05) is 11.9 Å². The first-order valence-corrected chi connectivity index (χ1v) is 5.92. The topological polar surface area (TPSA) is 37.8 Å². The average molecular weight is 312 g/mol. The smallest absolute Gasteiger partial charge is 0.370 e. The van der Waals surface area contributed by atoms with E-state index in [2.05, 4.69) is 31.2 Å². The molecule has 0 spiro atoms. The fourth-order valence-corrected chi connectivity index (χ4v) is 1.51. The minimum Gasteiger partial charge on any atom is -0.370 e. The van der Waals surface area contributed by atoms with Gasteiger partial charge in [-0.2, -0.15) is 13.2 Å². The Morgan fingerprint density at radius 1 is 1.35 bits per heavy atom. The molecule has 0 aliphatic heterocycles. The Labute approximate surface area is 106 Å². The van der Waals surface area contributed by atoms with Crippen LogP contribution in [-0.4, -0.2) is 22.7 Å². The summed E-state index contributed by atoms with van der Waals surface area (Å²) in [5.74, 6) is 1.12. The summed E-state index contributed by atoms with van der Waals surface area (Å²) in [7, 11) is 0. The number of aromatic nitrogens is 2. The second-order valence-corrected chi connectivity index (χ2v) is 4.69. The molecule has 0 bridgehead atoms. The highest BCUT2D eigenvalue weighted by atomic mass is 79.9. The summed E-state index contributed by atoms with van der Waals surface area (Å²) in [6, 6.07) is 1.56. The molecule has 0 fully saturated rings. The van der Waals surface area contributed by atoms with Crippen LogP contribution in [0.25, 0.3) is 0 Å². The van der Waals surface area contributed by atoms with Crippen molar-refractivity contribution in [2.45, 2.75) is 32.4 Å². The van der Waals surface area contributed by atoms with Crippen LogP contribution in [0.2, 0.25) is 0 Å². The van der Waals surface area contributed by atoms with Crippen LogP contribution in [0, 0.1) is 0 Å². The zero-order valence-electron chi connectivity index (χ0n) is 9.48. The van der Waals surface area contributed by atoms with E-state index in [1.807, 2.05) is 13.8 Å². The highest BCUT2D eigenvalue weighted by molar-refractivity contribution is 9.10. The second-order valence-electron chi connectivity index (χ2n) is 3.88. The molecular weight excluding hydrogens is 299 g/mol. The van der Waals surface area contributed by atoms with Gasteiger partial charge in [0.1, 0.15) is 16.2 Å². The van der Waals surface area contributed by atoms with Gasteiger partial charge in [-0.25, -0.2) is 9.97 Å². The summed E-state index contributed by atoms with van der Waals surface area (Å²) in [5, 5.41) is 2.64. The minimum atomic E-state index is -4.15. The number of nitrogens with one attached hydrogen (secondary N) is 1. The van der Waals surface area contributed by atoms with E-state index in [4.69, 9.17) is 0 Å². The summed E-state index contributed by atoms with van der Waals surface area (Å²) in [6.07, 6.45) is -5.04. The third-order valence-electron chi connectivity index (χ3n) is 1.94. The predicted octanol–water partition coefficient (Wildman–Crippen LogP) is 3.73. The van der Waals surface area contributed by atoms with Gasteiger partial charge >= 0.3 is 6.18 Å². The largest absolute Gasteiger partial charge is 0.390 e. The van der Waals surface area contributed by atoms with Crippen molar-refractivity contribution < 1.29 is 13.2 Å². The first kappa shape index (κ1) is 14.2. The summed E-state index contributed by atoms with van der Waals surface area (Å²) >= 11 is 3.20. The summed E-state index contributed by atoms with van der Waals surface area (Å²) in [5.41, 5.74) is 0. The minimum absolute atomic E-state index is 0.121. The van der Waals surface area contributed by atoms with Gasteiger partial charge in [-0.3, -0.25) is 0 Å². The van der Waals surface area contributed by atoms with Crippen molar-refractivity contribution >= 4 is 21.7 Å². The van der Waals surface area contributed by atoms with Crippen molar-refractivity contribution in [3.05, 3.63) is 16.5 Å². The van der Waals surface area contributed by atoms with Crippen molar-refractivity contribution in [1.82, 2.24) is 9.97 Å². The maximum atomic E-state index is 12.0. The lowest BCUT2D eigenvalue weighted by Crippen LogP contribution is -2.15. The number of nitrogens with zero attached hydrogens (tertiary/aromatic N) is 2. The third-order valence-corrected chi connectivity index (χ3v) is 2.35. The van der Waals surface area contributed by atoms with Gasteiger partial charge in [0.15, 0.2) is 0 Å². The van der Waals surface area contributed by atoms with Crippen LogP contribution in [0.15, 0.2) is 10.7 Å². The molecule has 1 N–H and O–H groups in total. The molecule has 17 heavy (non-hydrogen) atoms. The lowest BCUT2D eigenvalue weighted by atomic mass is 10.2. The van der Waals surface area contributed by atoms with E-state index >= 15 is 0 Å². The molecule has 7 heteroatoms. The van der Waals surface area contributed by atoms with Gasteiger partial charge in [-0.15, -0.1) is 0 Å². The van der Waals surface area contributed by atoms with Crippen LogP contribution in [0.3, 0.4) is 0 Å². The molecule has 1 aromatic heterocycles. The van der Waals surface area contributed by atoms with Gasteiger partial charge in [-0.05, 0) is 15.9 Å². The first-order valence-electron chi connectivity index (χ1n) is 5.13. The fraction of sp³-hybridized carbons (Fsp3) is 0.600. The van der Waals surface area contributed by atoms with E-state index < -0.39 is 12.6 Å². The number of alkyl halides is 3. The van der Waals surface area contributed by atoms with Gasteiger partial charge in [-0.1, -0.05) is 13.8 Å². The summed E-state index contributed by atoms with van der Waals surface area (Å²) < 4.78 is 36.5. The van der Waals surface area contributed by atoms with Crippen molar-refractivity contribution in [2.24, 2.45) is 0 Å². The molecule has 0 saturated carbocycles. The lowest BCUT2D eigenvalue weighted by molar-refractivity contribution is -0.131. The Morgan fingerprint density at radius 2 is 2.00 bits per heavy atom. The molecule has 96 valence electrons. The van der Waals surface area contributed by atoms with E-state index in [1.54, 1.807) is 6.07 Å². The van der Waals surface area contributed by atoms with Gasteiger partial charge in [0, 0.05) is 18.5 Å². The molecule has 0 radical (unpaired) electrons. The van der Waals surface area contributed by atoms with Crippen LogP contribution in [0.5, 0.6) is 0 Å². The zero-order valence-corrected chi connectivity index (χ0v) is 11.1. The second kappa shape index (κ2) is 5.66. The maximum absolute atomic E-state index is 12.0. The van der Waals surface area contributed by atoms with Gasteiger partial charge in [0.05, 0.1) is 6.42 Å². The van der Waals surface area contributed by atoms with E-state index in [-0.39, 0.29) is 12.5 Å². The molecule has 0 atom stereocenters. The molecule has 0 saturated heterocycles. The molecule has 0 aliphatic carbocycles. The number of hydrogen-bond acceptors (Lipinski definition) is 3. The predicted molar refractivity (Wildman–Crippen MR) is 63.0 cm³/mol. The molecule has 1 aromatic rings. The SMILES string of the molecule is CC(C)c1nc(Br)cc(NCCC(F)(F)F)n1. The van der Waals surface area contributed by atoms with E-state index in [1.165, 1.54) is 0 Å². The Kier molecular flexibility index (Phi) is 4.73. The molecule has 0 amide bonds. The van der Waals surface area contributed by atoms with Crippen LogP contribution in [-0.2, 0) is 0 Å². The Balaban J connectivity index is 2.65. The van der Waals surface area contributed by atoms with E-state index in [0.717, 1.165) is 0 Å². The van der Waals surface area contributed by atoms with Gasteiger partial charge < -0.3 is 5.32 Å². The molecule has 0 aliphatic rings. The quantitative estimate of drug-likeness (QED) is 0.861. The van der Waals surface area contributed by atoms with Crippen LogP contribution >= 0.6 is 15.9 Å².